The molecule has 18 atom stereocenters. The lowest BCUT2D eigenvalue weighted by Crippen LogP contribution is -2.62. The van der Waals surface area contributed by atoms with Gasteiger partial charge >= 0.3 is 22.4 Å². The van der Waals surface area contributed by atoms with E-state index in [0.29, 0.717) is 19.7 Å². The van der Waals surface area contributed by atoms with E-state index >= 15 is 0 Å². The lowest BCUT2D eigenvalue weighted by molar-refractivity contribution is -0.314. The summed E-state index contributed by atoms with van der Waals surface area (Å²) in [5.74, 6) is -3.20. The third kappa shape index (κ3) is 11.8. The molecule has 0 amide bonds. The van der Waals surface area contributed by atoms with Crippen LogP contribution in [0.3, 0.4) is 0 Å². The van der Waals surface area contributed by atoms with Crippen LogP contribution in [0.2, 0.25) is 0 Å². The molecule has 0 aliphatic carbocycles. The summed E-state index contributed by atoms with van der Waals surface area (Å²) in [4.78, 5) is 16.5. The maximum absolute atomic E-state index is 14.5. The number of hydrogen-bond donors (Lipinski definition) is 5. The van der Waals surface area contributed by atoms with Crippen LogP contribution in [-0.4, -0.2) is 168 Å². The molecule has 21 heteroatoms. The van der Waals surface area contributed by atoms with Gasteiger partial charge in [0.05, 0.1) is 54.1 Å². The molecule has 4 aliphatic rings. The average molecular weight is 984 g/mol. The summed E-state index contributed by atoms with van der Waals surface area (Å²) in [6.07, 6.45) is -14.8. The van der Waals surface area contributed by atoms with Crippen molar-refractivity contribution in [3.8, 4) is 0 Å². The summed E-state index contributed by atoms with van der Waals surface area (Å²) in [7, 11) is -1.73. The van der Waals surface area contributed by atoms with Crippen LogP contribution >= 0.6 is 0 Å². The van der Waals surface area contributed by atoms with E-state index in [1.807, 2.05) is 32.6 Å². The summed E-state index contributed by atoms with van der Waals surface area (Å²) in [5, 5.41) is 48.5. The van der Waals surface area contributed by atoms with Gasteiger partial charge in [-0.05, 0) is 104 Å². The van der Waals surface area contributed by atoms with E-state index in [4.69, 9.17) is 33.2 Å². The molecule has 4 fully saturated rings. The molecule has 5 N–H and O–H groups in total. The molecule has 1 aromatic carbocycles. The molecule has 1 aromatic rings. The van der Waals surface area contributed by atoms with E-state index < -0.39 is 130 Å². The van der Waals surface area contributed by atoms with Gasteiger partial charge in [0.15, 0.2) is 12.6 Å². The minimum Gasteiger partial charge on any atom is -0.459 e. The first-order valence-electron chi connectivity index (χ1n) is 23.4. The second kappa shape index (κ2) is 20.8. The van der Waals surface area contributed by atoms with E-state index in [-0.39, 0.29) is 37.3 Å². The molecule has 5 rings (SSSR count). The first kappa shape index (κ1) is 55.7. The van der Waals surface area contributed by atoms with Crippen LogP contribution in [0.15, 0.2) is 24.3 Å². The highest BCUT2D eigenvalue weighted by Crippen LogP contribution is 2.51. The molecule has 0 bridgehead atoms. The maximum Gasteiger partial charge on any atom is 0.416 e. The van der Waals surface area contributed by atoms with Gasteiger partial charge in [0.2, 0.25) is 0 Å². The highest BCUT2D eigenvalue weighted by molar-refractivity contribution is 7.90. The number of aliphatic hydroxyl groups excluding tert-OH is 2. The molecule has 0 aromatic heterocycles. The number of nitrogens with zero attached hydrogens (tertiary/aromatic N) is 2. The fourth-order valence-corrected chi connectivity index (χ4v) is 11.8. The van der Waals surface area contributed by atoms with Crippen LogP contribution < -0.4 is 4.72 Å². The van der Waals surface area contributed by atoms with E-state index in [1.54, 1.807) is 48.7 Å². The number of carbonyl (C=O) groups excluding carboxylic acids is 1. The SMILES string of the molecule is CC[C@H]1OC(=O)[C@H](C)[C@@H](O[C@H]2C[C@@](C)(OC)[C@]3(CO3)[C@H](C)O2)[C@H](C)[C@@H](O[C@@H]2O[C@H](C)C[C@H](N(C)S(=O)(=O)Nc3ccc(C(F)(F)F)cc3)[C@H]2O)[C@](C)(O)C[C@@H](C)CN(CC)[C@H](C)[C@@H](O)[C@]1(C)O. The van der Waals surface area contributed by atoms with Gasteiger partial charge in [-0.3, -0.25) is 14.4 Å². The number of benzene rings is 1. The topological polar surface area (TPSA) is 219 Å². The number of carbonyl (C=O) groups is 1. The van der Waals surface area contributed by atoms with Gasteiger partial charge in [-0.2, -0.15) is 25.9 Å². The maximum atomic E-state index is 14.5. The van der Waals surface area contributed by atoms with Gasteiger partial charge in [-0.1, -0.05) is 27.7 Å². The van der Waals surface area contributed by atoms with Crippen molar-refractivity contribution in [2.75, 3.05) is 38.6 Å². The first-order chi connectivity index (χ1) is 30.9. The number of anilines is 1. The summed E-state index contributed by atoms with van der Waals surface area (Å²) >= 11 is 0. The number of hydrogen-bond acceptors (Lipinski definition) is 15. The third-order valence-electron chi connectivity index (χ3n) is 15.0. The zero-order valence-electron chi connectivity index (χ0n) is 41.1. The summed E-state index contributed by atoms with van der Waals surface area (Å²) in [6, 6.07) is 1.63. The Morgan fingerprint density at radius 1 is 0.970 bits per heavy atom. The molecule has 1 spiro atoms. The molecule has 0 saturated carbocycles. The van der Waals surface area contributed by atoms with Gasteiger partial charge in [0.1, 0.15) is 35.1 Å². The van der Waals surface area contributed by atoms with Crippen LogP contribution in [-0.2, 0) is 54.3 Å². The van der Waals surface area contributed by atoms with E-state index in [9.17, 15) is 46.8 Å². The van der Waals surface area contributed by atoms with Gasteiger partial charge < -0.3 is 53.6 Å². The Labute approximate surface area is 394 Å². The molecule has 0 radical (unpaired) electrons. The predicted octanol–water partition coefficient (Wildman–Crippen LogP) is 4.44. The van der Waals surface area contributed by atoms with Gasteiger partial charge in [0, 0.05) is 44.8 Å². The Balaban J connectivity index is 1.55. The largest absolute Gasteiger partial charge is 0.459 e. The number of likely N-dealkylation sites (N-methyl/N-ethyl adjacent to an activating group) is 2. The Morgan fingerprint density at radius 2 is 1.58 bits per heavy atom. The Kier molecular flexibility index (Phi) is 17.3. The smallest absolute Gasteiger partial charge is 0.416 e. The standard InChI is InChI=1S/C46H76F3N3O14S/c1-14-34-44(11,57)38(54)29(7)52(15-2)23-25(3)21-42(9,56)39(27(5)37(28(6)40(55)64-34)65-35-22-43(10,60-13)45(24-61-45)30(8)63-35)66-41-36(53)33(20-26(4)62-41)51(12)67(58,59)50-32-18-16-31(17-19-32)46(47,48)49/h16-19,25-30,33-39,41,50,53-54,56-57H,14-15,20-24H2,1-13H3/t25-,26-,27+,28-,29-,30+,33+,34-,35+,36-,37+,38-,39-,41+,42-,43-,44-,45+/m1/s1. The Hall–Kier alpha value is -2.25. The van der Waals surface area contributed by atoms with Crippen molar-refractivity contribution in [1.29, 1.82) is 0 Å². The molecule has 4 heterocycles. The van der Waals surface area contributed by atoms with Crippen molar-refractivity contribution in [1.82, 2.24) is 9.21 Å². The zero-order chi connectivity index (χ0) is 50.4. The van der Waals surface area contributed by atoms with Crippen LogP contribution in [0.1, 0.15) is 107 Å². The summed E-state index contributed by atoms with van der Waals surface area (Å²) < 4.78 is 115. The number of esters is 1. The predicted molar refractivity (Wildman–Crippen MR) is 240 cm³/mol. The zero-order valence-corrected chi connectivity index (χ0v) is 42.0. The number of ether oxygens (including phenoxy) is 7. The number of alkyl halides is 3. The molecule has 17 nitrogen and oxygen atoms in total. The number of cyclic esters (lactones) is 1. The van der Waals surface area contributed by atoms with E-state index in [0.717, 1.165) is 28.6 Å². The molecule has 67 heavy (non-hydrogen) atoms. The quantitative estimate of drug-likeness (QED) is 0.153. The summed E-state index contributed by atoms with van der Waals surface area (Å²) in [6.45, 7) is 20.2. The normalized spacial score (nSPS) is 43.3. The Bertz CT molecular complexity index is 1930. The summed E-state index contributed by atoms with van der Waals surface area (Å²) in [5.41, 5.74) is -6.40. The third-order valence-corrected chi connectivity index (χ3v) is 16.5. The lowest BCUT2D eigenvalue weighted by Gasteiger charge is -2.49. The van der Waals surface area contributed by atoms with Crippen molar-refractivity contribution in [3.63, 3.8) is 0 Å². The van der Waals surface area contributed by atoms with Crippen molar-refractivity contribution in [2.45, 2.75) is 198 Å². The van der Waals surface area contributed by atoms with Crippen molar-refractivity contribution >= 4 is 21.9 Å². The average Bonchev–Trinajstić information content (AvgIpc) is 4.06. The second-order valence-electron chi connectivity index (χ2n) is 20.1. The number of aliphatic hydroxyl groups is 4. The van der Waals surface area contributed by atoms with Crippen LogP contribution in [0.5, 0.6) is 0 Å². The van der Waals surface area contributed by atoms with Crippen LogP contribution in [0.4, 0.5) is 18.9 Å². The number of epoxide rings is 1. The van der Waals surface area contributed by atoms with Gasteiger partial charge in [0.25, 0.3) is 0 Å². The number of nitrogens with one attached hydrogen (secondary N) is 1. The van der Waals surface area contributed by atoms with Crippen molar-refractivity contribution in [3.05, 3.63) is 29.8 Å². The number of methoxy groups -OCH3 is 1. The lowest BCUT2D eigenvalue weighted by atomic mass is 9.77. The van der Waals surface area contributed by atoms with Crippen LogP contribution in [0.25, 0.3) is 0 Å². The fourth-order valence-electron chi connectivity index (χ4n) is 10.7. The number of halogens is 3. The monoisotopic (exact) mass is 984 g/mol. The molecular weight excluding hydrogens is 908 g/mol. The van der Waals surface area contributed by atoms with Gasteiger partial charge in [-0.15, -0.1) is 0 Å². The highest BCUT2D eigenvalue weighted by atomic mass is 32.2. The second-order valence-corrected chi connectivity index (χ2v) is 21.9. The van der Waals surface area contributed by atoms with Gasteiger partial charge in [-0.25, -0.2) is 0 Å². The number of rotatable bonds is 11. The molecular formula is C46H76F3N3O14S. The van der Waals surface area contributed by atoms with Crippen molar-refractivity contribution < 1.29 is 80.0 Å². The molecule has 4 aliphatic heterocycles. The molecule has 4 saturated heterocycles. The minimum absolute atomic E-state index is 0.0202. The van der Waals surface area contributed by atoms with Crippen LogP contribution in [0, 0.1) is 17.8 Å². The van der Waals surface area contributed by atoms with E-state index in [1.165, 1.54) is 14.0 Å². The highest BCUT2D eigenvalue weighted by Gasteiger charge is 2.67. The van der Waals surface area contributed by atoms with E-state index in [2.05, 4.69) is 4.72 Å². The fraction of sp³-hybridized carbons (Fsp3) is 0.848. The molecule has 386 valence electrons. The van der Waals surface area contributed by atoms with Crippen molar-refractivity contribution in [2.24, 2.45) is 17.8 Å². The Morgan fingerprint density at radius 3 is 2.12 bits per heavy atom. The first-order valence-corrected chi connectivity index (χ1v) is 24.8. The minimum atomic E-state index is -4.63. The molecule has 0 unspecified atom stereocenters.